The molecule has 0 aliphatic carbocycles. The summed E-state index contributed by atoms with van der Waals surface area (Å²) in [5, 5.41) is 6.12. The molecule has 1 aliphatic rings. The average Bonchev–Trinajstić information content (AvgIpc) is 2.56. The van der Waals surface area contributed by atoms with E-state index in [0.29, 0.717) is 13.2 Å². The molecule has 0 radical (unpaired) electrons. The van der Waals surface area contributed by atoms with Gasteiger partial charge in [-0.25, -0.2) is 4.79 Å². The number of amides is 2. The predicted molar refractivity (Wildman–Crippen MR) is 91.0 cm³/mol. The van der Waals surface area contributed by atoms with Crippen LogP contribution in [0.5, 0.6) is 11.5 Å². The van der Waals surface area contributed by atoms with Gasteiger partial charge >= 0.3 is 6.03 Å². The number of benzene rings is 1. The molecular weight excluding hydrogens is 292 g/mol. The lowest BCUT2D eigenvalue weighted by atomic mass is 9.95. The highest BCUT2D eigenvalue weighted by atomic mass is 16.6. The van der Waals surface area contributed by atoms with Crippen LogP contribution < -0.4 is 20.1 Å². The number of ether oxygens (including phenoxy) is 2. The van der Waals surface area contributed by atoms with E-state index in [9.17, 15) is 4.79 Å². The maximum atomic E-state index is 12.3. The van der Waals surface area contributed by atoms with Crippen LogP contribution in [-0.4, -0.2) is 25.3 Å². The monoisotopic (exact) mass is 320 g/mol. The minimum atomic E-state index is -0.118. The molecule has 5 heteroatoms. The summed E-state index contributed by atoms with van der Waals surface area (Å²) in [4.78, 5) is 12.3. The molecule has 1 aromatic carbocycles. The molecule has 1 aromatic rings. The van der Waals surface area contributed by atoms with Gasteiger partial charge in [0.05, 0.1) is 6.04 Å². The molecule has 0 spiro atoms. The highest BCUT2D eigenvalue weighted by Gasteiger charge is 2.22. The second-order valence-corrected chi connectivity index (χ2v) is 6.26. The minimum absolute atomic E-state index is 0.0693. The van der Waals surface area contributed by atoms with Crippen molar-refractivity contribution >= 4 is 6.03 Å². The van der Waals surface area contributed by atoms with Crippen LogP contribution >= 0.6 is 0 Å². The van der Waals surface area contributed by atoms with Crippen LogP contribution in [0, 0.1) is 5.92 Å². The smallest absolute Gasteiger partial charge is 0.315 e. The lowest BCUT2D eigenvalue weighted by molar-refractivity contribution is 0.171. The van der Waals surface area contributed by atoms with Crippen LogP contribution in [0.3, 0.4) is 0 Å². The lowest BCUT2D eigenvalue weighted by Crippen LogP contribution is -2.44. The Morgan fingerprint density at radius 3 is 2.35 bits per heavy atom. The summed E-state index contributed by atoms with van der Waals surface area (Å²) in [5.74, 6) is 1.79. The van der Waals surface area contributed by atoms with Crippen molar-refractivity contribution in [2.45, 2.75) is 52.6 Å². The van der Waals surface area contributed by atoms with E-state index >= 15 is 0 Å². The maximum absolute atomic E-state index is 12.3. The molecule has 0 saturated heterocycles. The summed E-state index contributed by atoms with van der Waals surface area (Å²) in [5.41, 5.74) is 1.03. The van der Waals surface area contributed by atoms with Crippen LogP contribution in [0.15, 0.2) is 18.2 Å². The quantitative estimate of drug-likeness (QED) is 0.841. The van der Waals surface area contributed by atoms with Gasteiger partial charge in [-0.1, -0.05) is 33.8 Å². The Kier molecular flexibility index (Phi) is 6.13. The molecule has 0 unspecified atom stereocenters. The first-order valence-electron chi connectivity index (χ1n) is 8.51. The van der Waals surface area contributed by atoms with E-state index in [1.807, 2.05) is 18.2 Å². The zero-order valence-electron chi connectivity index (χ0n) is 14.5. The predicted octanol–water partition coefficient (Wildman–Crippen LogP) is 3.64. The third-order valence-corrected chi connectivity index (χ3v) is 4.20. The van der Waals surface area contributed by atoms with E-state index in [2.05, 4.69) is 38.3 Å². The Morgan fingerprint density at radius 2 is 1.74 bits per heavy atom. The van der Waals surface area contributed by atoms with Gasteiger partial charge in [-0.2, -0.15) is 0 Å². The number of rotatable bonds is 6. The normalized spacial score (nSPS) is 14.7. The van der Waals surface area contributed by atoms with Crippen LogP contribution in [0.2, 0.25) is 0 Å². The molecule has 2 N–H and O–H groups in total. The van der Waals surface area contributed by atoms with Gasteiger partial charge in [-0.05, 0) is 36.5 Å². The Labute approximate surface area is 138 Å². The minimum Gasteiger partial charge on any atom is -0.486 e. The highest BCUT2D eigenvalue weighted by molar-refractivity contribution is 5.74. The molecule has 23 heavy (non-hydrogen) atoms. The number of hydrogen-bond acceptors (Lipinski definition) is 3. The summed E-state index contributed by atoms with van der Waals surface area (Å²) < 4.78 is 11.2. The summed E-state index contributed by atoms with van der Waals surface area (Å²) in [7, 11) is 0. The van der Waals surface area contributed by atoms with Crippen molar-refractivity contribution < 1.29 is 14.3 Å². The average molecular weight is 320 g/mol. The number of carbonyl (C=O) groups excluding carboxylic acids is 1. The van der Waals surface area contributed by atoms with Crippen molar-refractivity contribution in [3.05, 3.63) is 23.8 Å². The van der Waals surface area contributed by atoms with Crippen molar-refractivity contribution in [2.75, 3.05) is 13.2 Å². The standard InChI is InChI=1S/C18H28N2O3/c1-5-14(6-2)19-18(21)20-17(12(3)4)13-7-8-15-16(11-13)23-10-9-22-15/h7-8,11-12,14,17H,5-6,9-10H2,1-4H3,(H2,19,20,21)/t17-/m1/s1. The number of hydrogen-bond donors (Lipinski definition) is 2. The molecule has 0 bridgehead atoms. The zero-order chi connectivity index (χ0) is 16.8. The molecule has 2 rings (SSSR count). The summed E-state index contributed by atoms with van der Waals surface area (Å²) in [6, 6.07) is 5.90. The molecule has 0 aromatic heterocycles. The molecule has 0 fully saturated rings. The number of carbonyl (C=O) groups is 1. The van der Waals surface area contributed by atoms with Gasteiger partial charge in [-0.15, -0.1) is 0 Å². The van der Waals surface area contributed by atoms with E-state index in [0.717, 1.165) is 29.9 Å². The van der Waals surface area contributed by atoms with Gasteiger partial charge in [0.1, 0.15) is 13.2 Å². The van der Waals surface area contributed by atoms with E-state index in [1.165, 1.54) is 0 Å². The first-order valence-corrected chi connectivity index (χ1v) is 8.51. The van der Waals surface area contributed by atoms with Crippen molar-refractivity contribution in [3.63, 3.8) is 0 Å². The van der Waals surface area contributed by atoms with Crippen LogP contribution in [0.1, 0.15) is 52.1 Å². The fourth-order valence-corrected chi connectivity index (χ4v) is 2.75. The largest absolute Gasteiger partial charge is 0.486 e. The maximum Gasteiger partial charge on any atom is 0.315 e. The van der Waals surface area contributed by atoms with Crippen molar-refractivity contribution in [1.82, 2.24) is 10.6 Å². The SMILES string of the molecule is CCC(CC)NC(=O)N[C@@H](c1ccc2c(c1)OCCO2)C(C)C. The molecule has 1 aliphatic heterocycles. The highest BCUT2D eigenvalue weighted by Crippen LogP contribution is 2.34. The fourth-order valence-electron chi connectivity index (χ4n) is 2.75. The third kappa shape index (κ3) is 4.53. The first-order chi connectivity index (χ1) is 11.0. The summed E-state index contributed by atoms with van der Waals surface area (Å²) in [6.07, 6.45) is 1.86. The second-order valence-electron chi connectivity index (χ2n) is 6.26. The van der Waals surface area contributed by atoms with E-state index in [1.54, 1.807) is 0 Å². The number of urea groups is 1. The summed E-state index contributed by atoms with van der Waals surface area (Å²) in [6.45, 7) is 9.49. The van der Waals surface area contributed by atoms with E-state index in [4.69, 9.17) is 9.47 Å². The Hall–Kier alpha value is -1.91. The lowest BCUT2D eigenvalue weighted by Gasteiger charge is -2.26. The van der Waals surface area contributed by atoms with Crippen molar-refractivity contribution in [3.8, 4) is 11.5 Å². The molecular formula is C18H28N2O3. The fraction of sp³-hybridized carbons (Fsp3) is 0.611. The van der Waals surface area contributed by atoms with Gasteiger partial charge < -0.3 is 20.1 Å². The van der Waals surface area contributed by atoms with Gasteiger partial charge in [0.2, 0.25) is 0 Å². The van der Waals surface area contributed by atoms with Crippen LogP contribution in [-0.2, 0) is 0 Å². The first kappa shape index (κ1) is 17.4. The summed E-state index contributed by atoms with van der Waals surface area (Å²) >= 11 is 0. The topological polar surface area (TPSA) is 59.6 Å². The van der Waals surface area contributed by atoms with Gasteiger partial charge in [0, 0.05) is 6.04 Å². The van der Waals surface area contributed by atoms with Gasteiger partial charge in [0.15, 0.2) is 11.5 Å². The van der Waals surface area contributed by atoms with Crippen LogP contribution in [0.4, 0.5) is 4.79 Å². The Balaban J connectivity index is 2.10. The van der Waals surface area contributed by atoms with Gasteiger partial charge in [-0.3, -0.25) is 0 Å². The number of fused-ring (bicyclic) bond motifs is 1. The van der Waals surface area contributed by atoms with E-state index in [-0.39, 0.29) is 24.0 Å². The van der Waals surface area contributed by atoms with Crippen molar-refractivity contribution in [2.24, 2.45) is 5.92 Å². The van der Waals surface area contributed by atoms with Crippen molar-refractivity contribution in [1.29, 1.82) is 0 Å². The molecule has 128 valence electrons. The molecule has 1 heterocycles. The molecule has 2 amide bonds. The van der Waals surface area contributed by atoms with Crippen LogP contribution in [0.25, 0.3) is 0 Å². The zero-order valence-corrected chi connectivity index (χ0v) is 14.5. The van der Waals surface area contributed by atoms with E-state index < -0.39 is 0 Å². The third-order valence-electron chi connectivity index (χ3n) is 4.20. The molecule has 1 atom stereocenters. The number of nitrogens with one attached hydrogen (secondary N) is 2. The van der Waals surface area contributed by atoms with Gasteiger partial charge in [0.25, 0.3) is 0 Å². The Morgan fingerprint density at radius 1 is 1.09 bits per heavy atom. The molecule has 5 nitrogen and oxygen atoms in total. The second kappa shape index (κ2) is 8.09. The Bertz CT molecular complexity index is 527. The molecule has 0 saturated carbocycles.